The molecule has 1 aliphatic rings. The number of rotatable bonds is 5. The topological polar surface area (TPSA) is 52.3 Å². The van der Waals surface area contributed by atoms with E-state index in [4.69, 9.17) is 10.5 Å². The fourth-order valence-corrected chi connectivity index (χ4v) is 1.95. The summed E-state index contributed by atoms with van der Waals surface area (Å²) in [7, 11) is 0. The van der Waals surface area contributed by atoms with E-state index in [-0.39, 0.29) is 12.3 Å². The van der Waals surface area contributed by atoms with Crippen molar-refractivity contribution in [1.29, 1.82) is 0 Å². The summed E-state index contributed by atoms with van der Waals surface area (Å²) < 4.78 is 6.50. The number of hydrogen-bond acceptors (Lipinski definition) is 3. The number of carbonyl (C=O) groups is 1. The molecule has 0 aliphatic heterocycles. The van der Waals surface area contributed by atoms with Crippen molar-refractivity contribution in [2.45, 2.75) is 12.8 Å². The van der Waals surface area contributed by atoms with Gasteiger partial charge in [-0.15, -0.1) is 0 Å². The second-order valence-corrected chi connectivity index (χ2v) is 4.85. The Bertz CT molecular complexity index is 402. The third kappa shape index (κ3) is 2.62. The SMILES string of the molecule is NCC(=O)c1cccc(Br)c1OCC1CC1. The van der Waals surface area contributed by atoms with Crippen molar-refractivity contribution < 1.29 is 9.53 Å². The van der Waals surface area contributed by atoms with Crippen LogP contribution in [-0.2, 0) is 0 Å². The summed E-state index contributed by atoms with van der Waals surface area (Å²) in [5, 5.41) is 0. The van der Waals surface area contributed by atoms with E-state index in [0.29, 0.717) is 23.8 Å². The molecule has 0 amide bonds. The first-order chi connectivity index (χ1) is 7.72. The molecular weight excluding hydrogens is 270 g/mol. The number of Topliss-reactive ketones (excluding diaryl/α,β-unsaturated/α-hetero) is 1. The lowest BCUT2D eigenvalue weighted by molar-refractivity contribution is 0.0997. The number of ether oxygens (including phenoxy) is 1. The molecule has 0 unspecified atom stereocenters. The fraction of sp³-hybridized carbons (Fsp3) is 0.417. The molecule has 16 heavy (non-hydrogen) atoms. The van der Waals surface area contributed by atoms with Crippen LogP contribution in [0, 0.1) is 5.92 Å². The zero-order valence-corrected chi connectivity index (χ0v) is 10.5. The Hall–Kier alpha value is -0.870. The molecule has 0 radical (unpaired) electrons. The second-order valence-electron chi connectivity index (χ2n) is 4.00. The van der Waals surface area contributed by atoms with Gasteiger partial charge in [-0.2, -0.15) is 0 Å². The molecule has 1 aromatic rings. The van der Waals surface area contributed by atoms with Crippen molar-refractivity contribution in [1.82, 2.24) is 0 Å². The van der Waals surface area contributed by atoms with Crippen LogP contribution in [0.15, 0.2) is 22.7 Å². The van der Waals surface area contributed by atoms with Crippen LogP contribution in [0.1, 0.15) is 23.2 Å². The van der Waals surface area contributed by atoms with Gasteiger partial charge in [0.2, 0.25) is 0 Å². The Morgan fingerprint density at radius 2 is 2.25 bits per heavy atom. The predicted octanol–water partition coefficient (Wildman–Crippen LogP) is 2.38. The van der Waals surface area contributed by atoms with Crippen molar-refractivity contribution in [3.8, 4) is 5.75 Å². The molecule has 0 heterocycles. The van der Waals surface area contributed by atoms with Gasteiger partial charge in [0, 0.05) is 0 Å². The number of hydrogen-bond donors (Lipinski definition) is 1. The number of halogens is 1. The van der Waals surface area contributed by atoms with Gasteiger partial charge >= 0.3 is 0 Å². The number of benzene rings is 1. The van der Waals surface area contributed by atoms with Gasteiger partial charge in [0.1, 0.15) is 5.75 Å². The van der Waals surface area contributed by atoms with E-state index in [9.17, 15) is 4.79 Å². The van der Waals surface area contributed by atoms with Crippen molar-refractivity contribution in [3.63, 3.8) is 0 Å². The fourth-order valence-electron chi connectivity index (χ4n) is 1.47. The van der Waals surface area contributed by atoms with E-state index >= 15 is 0 Å². The lowest BCUT2D eigenvalue weighted by Crippen LogP contribution is -2.15. The van der Waals surface area contributed by atoms with Crippen LogP contribution in [0.5, 0.6) is 5.75 Å². The first kappa shape index (κ1) is 11.6. The summed E-state index contributed by atoms with van der Waals surface area (Å²) in [6.45, 7) is 0.698. The Balaban J connectivity index is 2.20. The van der Waals surface area contributed by atoms with E-state index in [1.807, 2.05) is 12.1 Å². The smallest absolute Gasteiger partial charge is 0.180 e. The summed E-state index contributed by atoms with van der Waals surface area (Å²) >= 11 is 3.40. The third-order valence-corrected chi connectivity index (χ3v) is 3.24. The zero-order valence-electron chi connectivity index (χ0n) is 8.91. The number of carbonyl (C=O) groups excluding carboxylic acids is 1. The maximum atomic E-state index is 11.6. The van der Waals surface area contributed by atoms with Gasteiger partial charge in [0.25, 0.3) is 0 Å². The van der Waals surface area contributed by atoms with Gasteiger partial charge in [-0.05, 0) is 46.8 Å². The first-order valence-electron chi connectivity index (χ1n) is 5.37. The second kappa shape index (κ2) is 4.97. The maximum absolute atomic E-state index is 11.6. The quantitative estimate of drug-likeness (QED) is 0.845. The Kier molecular flexibility index (Phi) is 3.61. The largest absolute Gasteiger partial charge is 0.491 e. The van der Waals surface area contributed by atoms with Crippen LogP contribution in [-0.4, -0.2) is 18.9 Å². The first-order valence-corrected chi connectivity index (χ1v) is 6.16. The van der Waals surface area contributed by atoms with Gasteiger partial charge < -0.3 is 10.5 Å². The van der Waals surface area contributed by atoms with Crippen LogP contribution >= 0.6 is 15.9 Å². The monoisotopic (exact) mass is 283 g/mol. The molecule has 0 atom stereocenters. The van der Waals surface area contributed by atoms with Gasteiger partial charge in [-0.25, -0.2) is 0 Å². The average Bonchev–Trinajstić information content (AvgIpc) is 3.10. The highest BCUT2D eigenvalue weighted by Gasteiger charge is 2.23. The highest BCUT2D eigenvalue weighted by atomic mass is 79.9. The lowest BCUT2D eigenvalue weighted by atomic mass is 10.1. The molecule has 3 nitrogen and oxygen atoms in total. The van der Waals surface area contributed by atoms with E-state index in [2.05, 4.69) is 15.9 Å². The van der Waals surface area contributed by atoms with Crippen LogP contribution in [0.25, 0.3) is 0 Å². The third-order valence-electron chi connectivity index (χ3n) is 2.61. The number of nitrogens with two attached hydrogens (primary N) is 1. The summed E-state index contributed by atoms with van der Waals surface area (Å²) in [5.74, 6) is 1.20. The Labute approximate surface area is 103 Å². The van der Waals surface area contributed by atoms with E-state index in [1.165, 1.54) is 12.8 Å². The minimum Gasteiger partial charge on any atom is -0.491 e. The molecule has 1 saturated carbocycles. The standard InChI is InChI=1S/C12H14BrNO2/c13-10-3-1-2-9(11(15)6-14)12(10)16-7-8-4-5-8/h1-3,8H,4-7,14H2. The van der Waals surface area contributed by atoms with Crippen molar-refractivity contribution in [2.24, 2.45) is 11.7 Å². The summed E-state index contributed by atoms with van der Waals surface area (Å²) in [4.78, 5) is 11.6. The molecule has 1 aromatic carbocycles. The number of ketones is 1. The molecule has 1 fully saturated rings. The van der Waals surface area contributed by atoms with Crippen LogP contribution in [0.3, 0.4) is 0 Å². The minimum atomic E-state index is -0.0907. The zero-order chi connectivity index (χ0) is 11.5. The molecular formula is C12H14BrNO2. The molecule has 0 spiro atoms. The van der Waals surface area contributed by atoms with Crippen molar-refractivity contribution in [3.05, 3.63) is 28.2 Å². The van der Waals surface area contributed by atoms with Gasteiger partial charge in [0.15, 0.2) is 5.78 Å². The summed E-state index contributed by atoms with van der Waals surface area (Å²) in [6.07, 6.45) is 2.45. The van der Waals surface area contributed by atoms with Crippen LogP contribution in [0.2, 0.25) is 0 Å². The highest BCUT2D eigenvalue weighted by molar-refractivity contribution is 9.10. The summed E-state index contributed by atoms with van der Waals surface area (Å²) in [6, 6.07) is 5.44. The van der Waals surface area contributed by atoms with Gasteiger partial charge in [0.05, 0.1) is 23.2 Å². The van der Waals surface area contributed by atoms with Gasteiger partial charge in [-0.3, -0.25) is 4.79 Å². The minimum absolute atomic E-state index is 0.0102. The molecule has 86 valence electrons. The Morgan fingerprint density at radius 3 is 2.88 bits per heavy atom. The summed E-state index contributed by atoms with van der Waals surface area (Å²) in [5.41, 5.74) is 5.94. The molecule has 0 saturated heterocycles. The molecule has 0 aromatic heterocycles. The van der Waals surface area contributed by atoms with Crippen LogP contribution in [0.4, 0.5) is 0 Å². The number of para-hydroxylation sites is 1. The van der Waals surface area contributed by atoms with Crippen LogP contribution < -0.4 is 10.5 Å². The average molecular weight is 284 g/mol. The van der Waals surface area contributed by atoms with E-state index in [1.54, 1.807) is 6.07 Å². The molecule has 0 bridgehead atoms. The van der Waals surface area contributed by atoms with Crippen molar-refractivity contribution in [2.75, 3.05) is 13.2 Å². The van der Waals surface area contributed by atoms with E-state index in [0.717, 1.165) is 4.47 Å². The predicted molar refractivity (Wildman–Crippen MR) is 65.7 cm³/mol. The maximum Gasteiger partial charge on any atom is 0.180 e. The molecule has 2 N–H and O–H groups in total. The van der Waals surface area contributed by atoms with Crippen molar-refractivity contribution >= 4 is 21.7 Å². The molecule has 1 aliphatic carbocycles. The highest BCUT2D eigenvalue weighted by Crippen LogP contribution is 2.33. The lowest BCUT2D eigenvalue weighted by Gasteiger charge is -2.11. The molecule has 4 heteroatoms. The normalized spacial score (nSPS) is 14.9. The Morgan fingerprint density at radius 1 is 1.50 bits per heavy atom. The van der Waals surface area contributed by atoms with E-state index < -0.39 is 0 Å². The molecule has 2 rings (SSSR count). The van der Waals surface area contributed by atoms with Gasteiger partial charge in [-0.1, -0.05) is 6.07 Å².